The highest BCUT2D eigenvalue weighted by Crippen LogP contribution is 2.25. The van der Waals surface area contributed by atoms with Crippen molar-refractivity contribution < 1.29 is 63.0 Å². The minimum absolute atomic E-state index is 0.0388. The highest BCUT2D eigenvalue weighted by Gasteiger charge is 2.37. The van der Waals surface area contributed by atoms with E-state index >= 15 is 0 Å². The first kappa shape index (κ1) is 58.6. The molecule has 2 heterocycles. The summed E-state index contributed by atoms with van der Waals surface area (Å²) < 4.78 is 0. The summed E-state index contributed by atoms with van der Waals surface area (Å²) >= 11 is 0. The Kier molecular flexibility index (Phi) is 25.2. The third-order valence-corrected chi connectivity index (χ3v) is 13.0. The Morgan fingerprint density at radius 3 is 2.13 bits per heavy atom. The molecule has 0 spiro atoms. The fraction of sp³-hybridized carbons (Fsp3) is 0.667. The maximum absolute atomic E-state index is 13.8. The van der Waals surface area contributed by atoms with Gasteiger partial charge in [-0.25, -0.2) is 0 Å². The van der Waals surface area contributed by atoms with Crippen LogP contribution in [0.1, 0.15) is 142 Å². The van der Waals surface area contributed by atoms with Crippen molar-refractivity contribution in [3.05, 3.63) is 35.9 Å². The van der Waals surface area contributed by atoms with E-state index < -0.39 is 107 Å². The quantitative estimate of drug-likeness (QED) is 0.0489. The highest BCUT2D eigenvalue weighted by molar-refractivity contribution is 5.97. The Hall–Kier alpha value is -5.69. The average molecular weight is 981 g/mol. The number of nitrogens with two attached hydrogens (primary N) is 1. The molecule has 3 rings (SSSR count). The third-order valence-electron chi connectivity index (χ3n) is 13.0. The van der Waals surface area contributed by atoms with Crippen LogP contribution in [0, 0.1) is 23.7 Å². The van der Waals surface area contributed by atoms with Crippen LogP contribution in [0.15, 0.2) is 30.3 Å². The number of β-amino-alcohol motifs (C(OH)–C–C–N with tert-alkyl or cyclic N) is 1. The van der Waals surface area contributed by atoms with Crippen molar-refractivity contribution in [2.45, 2.75) is 174 Å². The Balaban J connectivity index is 1.59. The SMILES string of the molecule is CCCCC[C@H](CC(=O)[C@@H]1CCCN1C(=O)CCC(=O)[C@H](C)NC(=O)[C@@H](CC(=O)CNC(=O)[C@@H](CC(=O)[C@H](CCC(N)=O)NC(=O)CCC(=O)[C@@H]1C[C@@H](O)CN1)Cc1ccccc1)CC(C)C)C(=O)O. The molecule has 1 aromatic rings. The van der Waals surface area contributed by atoms with Crippen molar-refractivity contribution >= 4 is 64.4 Å². The molecule has 19 nitrogen and oxygen atoms in total. The second kappa shape index (κ2) is 30.1. The summed E-state index contributed by atoms with van der Waals surface area (Å²) in [6.07, 6.45) is 1.69. The number of aliphatic hydroxyl groups is 1. The predicted molar refractivity (Wildman–Crippen MR) is 257 cm³/mol. The van der Waals surface area contributed by atoms with E-state index in [1.54, 1.807) is 30.3 Å². The molecule has 70 heavy (non-hydrogen) atoms. The van der Waals surface area contributed by atoms with Crippen molar-refractivity contribution in [2.24, 2.45) is 29.4 Å². The van der Waals surface area contributed by atoms with Gasteiger partial charge in [-0.05, 0) is 63.4 Å². The van der Waals surface area contributed by atoms with Gasteiger partial charge in [0.25, 0.3) is 0 Å². The van der Waals surface area contributed by atoms with Crippen LogP contribution in [0.4, 0.5) is 0 Å². The number of hydrogen-bond donors (Lipinski definition) is 7. The fourth-order valence-electron chi connectivity index (χ4n) is 9.04. The van der Waals surface area contributed by atoms with Crippen LogP contribution in [0.5, 0.6) is 0 Å². The minimum Gasteiger partial charge on any atom is -0.481 e. The number of aliphatic hydroxyl groups excluding tert-OH is 1. The number of carboxylic acids is 1. The molecule has 8 N–H and O–H groups in total. The van der Waals surface area contributed by atoms with E-state index in [9.17, 15) is 63.0 Å². The standard InChI is InChI=1S/C51H76N6O13/c1-5-6-8-14-34(51(69)70)26-45(63)41-15-11-22-57(41)48(66)21-18-42(60)32(4)55-50(68)35(23-31(2)3)25-37(58)30-54-49(67)36(24-33-12-9-7-10-13-33)27-44(62)39(16-19-46(52)64)56-47(65)20-17-43(61)40-28-38(59)29-53-40/h7,9-10,12-13,31-32,34-36,38-41,53,59H,5-6,8,11,14-30H2,1-4H3,(H2,52,64)(H,54,67)(H,55,68)(H,56,65)(H,69,70)/t32-,34+,35+,36+,38+,39-,40-,41-/m0/s1. The molecule has 0 saturated carbocycles. The van der Waals surface area contributed by atoms with Gasteiger partial charge in [-0.3, -0.25) is 52.7 Å². The normalized spacial score (nSPS) is 18.8. The molecule has 0 aliphatic carbocycles. The molecule has 19 heteroatoms. The molecule has 1 aromatic carbocycles. The van der Waals surface area contributed by atoms with Gasteiger partial charge in [0, 0.05) is 76.3 Å². The summed E-state index contributed by atoms with van der Waals surface area (Å²) in [6.45, 7) is 7.31. The summed E-state index contributed by atoms with van der Waals surface area (Å²) in [7, 11) is 0. The molecular weight excluding hydrogens is 905 g/mol. The van der Waals surface area contributed by atoms with E-state index in [4.69, 9.17) is 5.73 Å². The zero-order valence-corrected chi connectivity index (χ0v) is 41.3. The van der Waals surface area contributed by atoms with Crippen LogP contribution in [-0.2, 0) is 59.2 Å². The number of nitrogens with zero attached hydrogens (tertiary/aromatic N) is 1. The number of primary amides is 1. The number of ketones is 5. The zero-order valence-electron chi connectivity index (χ0n) is 41.3. The summed E-state index contributed by atoms with van der Waals surface area (Å²) in [6, 6.07) is 5.26. The van der Waals surface area contributed by atoms with Crippen LogP contribution < -0.4 is 27.0 Å². The summed E-state index contributed by atoms with van der Waals surface area (Å²) in [5.41, 5.74) is 6.07. The van der Waals surface area contributed by atoms with E-state index in [-0.39, 0.29) is 101 Å². The highest BCUT2D eigenvalue weighted by atomic mass is 16.4. The van der Waals surface area contributed by atoms with Crippen molar-refractivity contribution in [3.63, 3.8) is 0 Å². The van der Waals surface area contributed by atoms with Crippen LogP contribution in [-0.4, -0.2) is 129 Å². The number of carboxylic acid groups (broad SMARTS) is 1. The van der Waals surface area contributed by atoms with E-state index in [1.165, 1.54) is 11.8 Å². The lowest BCUT2D eigenvalue weighted by Crippen LogP contribution is -2.45. The predicted octanol–water partition coefficient (Wildman–Crippen LogP) is 2.45. The number of Topliss-reactive ketones (excluding diaryl/α,β-unsaturated/α-hetero) is 5. The molecule has 0 unspecified atom stereocenters. The number of amides is 5. The molecule has 0 aromatic heterocycles. The van der Waals surface area contributed by atoms with Crippen molar-refractivity contribution in [3.8, 4) is 0 Å². The lowest BCUT2D eigenvalue weighted by Gasteiger charge is -2.25. The molecule has 0 bridgehead atoms. The van der Waals surface area contributed by atoms with Gasteiger partial charge in [-0.1, -0.05) is 70.4 Å². The Labute approximate surface area is 411 Å². The first-order chi connectivity index (χ1) is 33.2. The molecule has 8 atom stereocenters. The molecular formula is C51H76N6O13. The number of aliphatic carboxylic acids is 1. The van der Waals surface area contributed by atoms with Gasteiger partial charge in [0.05, 0.1) is 42.7 Å². The largest absolute Gasteiger partial charge is 0.481 e. The maximum Gasteiger partial charge on any atom is 0.306 e. The van der Waals surface area contributed by atoms with Crippen LogP contribution in [0.25, 0.3) is 0 Å². The number of rotatable bonds is 34. The second-order valence-electron chi connectivity index (χ2n) is 19.4. The first-order valence-electron chi connectivity index (χ1n) is 24.9. The van der Waals surface area contributed by atoms with Gasteiger partial charge in [0.2, 0.25) is 29.5 Å². The van der Waals surface area contributed by atoms with Gasteiger partial charge in [0.1, 0.15) is 5.78 Å². The van der Waals surface area contributed by atoms with E-state index in [0.717, 1.165) is 12.8 Å². The molecule has 2 aliphatic rings. The van der Waals surface area contributed by atoms with Gasteiger partial charge in [0.15, 0.2) is 23.1 Å². The zero-order chi connectivity index (χ0) is 51.9. The van der Waals surface area contributed by atoms with Crippen molar-refractivity contribution in [1.29, 1.82) is 0 Å². The summed E-state index contributed by atoms with van der Waals surface area (Å²) in [5.74, 6) is -8.81. The van der Waals surface area contributed by atoms with Gasteiger partial charge in [-0.15, -0.1) is 0 Å². The fourth-order valence-corrected chi connectivity index (χ4v) is 9.04. The topological polar surface area (TPSA) is 306 Å². The molecule has 0 radical (unpaired) electrons. The lowest BCUT2D eigenvalue weighted by atomic mass is 9.89. The van der Waals surface area contributed by atoms with Crippen LogP contribution in [0.2, 0.25) is 0 Å². The number of hydrogen-bond acceptors (Lipinski definition) is 13. The number of unbranched alkanes of at least 4 members (excludes halogenated alkanes) is 2. The molecule has 2 fully saturated rings. The Bertz CT molecular complexity index is 1990. The van der Waals surface area contributed by atoms with Gasteiger partial charge < -0.3 is 42.1 Å². The van der Waals surface area contributed by atoms with E-state index in [0.29, 0.717) is 37.8 Å². The van der Waals surface area contributed by atoms with E-state index in [1.807, 2.05) is 20.8 Å². The summed E-state index contributed by atoms with van der Waals surface area (Å²) in [4.78, 5) is 145. The molecule has 5 amide bonds. The average Bonchev–Trinajstić information content (AvgIpc) is 3.99. The third kappa shape index (κ3) is 20.7. The van der Waals surface area contributed by atoms with Gasteiger partial charge in [-0.2, -0.15) is 0 Å². The summed E-state index contributed by atoms with van der Waals surface area (Å²) in [5, 5.41) is 30.2. The monoisotopic (exact) mass is 981 g/mol. The molecule has 2 saturated heterocycles. The van der Waals surface area contributed by atoms with E-state index in [2.05, 4.69) is 21.3 Å². The number of likely N-dealkylation sites (tertiary alicyclic amines) is 1. The smallest absolute Gasteiger partial charge is 0.306 e. The number of nitrogens with one attached hydrogen (secondary N) is 4. The van der Waals surface area contributed by atoms with Crippen molar-refractivity contribution in [1.82, 2.24) is 26.2 Å². The Morgan fingerprint density at radius 2 is 1.50 bits per heavy atom. The van der Waals surface area contributed by atoms with Gasteiger partial charge >= 0.3 is 5.97 Å². The van der Waals surface area contributed by atoms with Crippen molar-refractivity contribution in [2.75, 3.05) is 19.6 Å². The Morgan fingerprint density at radius 1 is 0.786 bits per heavy atom. The number of carbonyl (C=O) groups excluding carboxylic acids is 10. The number of carbonyl (C=O) groups is 11. The minimum atomic E-state index is -1.21. The number of benzene rings is 1. The first-order valence-corrected chi connectivity index (χ1v) is 24.9. The lowest BCUT2D eigenvalue weighted by molar-refractivity contribution is -0.145. The maximum atomic E-state index is 13.8. The molecule has 2 aliphatic heterocycles. The van der Waals surface area contributed by atoms with Crippen LogP contribution >= 0.6 is 0 Å². The van der Waals surface area contributed by atoms with Crippen LogP contribution in [0.3, 0.4) is 0 Å². The molecule has 388 valence electrons. The second-order valence-corrected chi connectivity index (χ2v) is 19.4.